The van der Waals surface area contributed by atoms with E-state index in [0.717, 1.165) is 22.9 Å². The van der Waals surface area contributed by atoms with Crippen molar-refractivity contribution < 1.29 is 27.4 Å². The van der Waals surface area contributed by atoms with Gasteiger partial charge >= 0.3 is 12.1 Å². The van der Waals surface area contributed by atoms with Crippen LogP contribution in [0.5, 0.6) is 5.75 Å². The monoisotopic (exact) mass is 491 g/mol. The van der Waals surface area contributed by atoms with Crippen LogP contribution in [0.25, 0.3) is 5.57 Å². The molecule has 1 heterocycles. The number of hydrogen-bond acceptors (Lipinski definition) is 4. The van der Waals surface area contributed by atoms with E-state index in [-0.39, 0.29) is 6.61 Å². The third-order valence-electron chi connectivity index (χ3n) is 6.78. The Hall–Kier alpha value is -3.87. The van der Waals surface area contributed by atoms with Crippen molar-refractivity contribution in [2.45, 2.75) is 32.4 Å². The average molecular weight is 492 g/mol. The number of ether oxygens (including phenoxy) is 2. The summed E-state index contributed by atoms with van der Waals surface area (Å²) in [5.41, 5.74) is 4.72. The molecule has 5 rings (SSSR count). The van der Waals surface area contributed by atoms with Gasteiger partial charge in [-0.05, 0) is 77.2 Å². The summed E-state index contributed by atoms with van der Waals surface area (Å²) in [5.74, 6) is 0.227. The van der Waals surface area contributed by atoms with Gasteiger partial charge in [-0.25, -0.2) is 9.79 Å². The lowest BCUT2D eigenvalue weighted by molar-refractivity contribution is -0.137. The first-order chi connectivity index (χ1) is 17.1. The number of methoxy groups -OCH3 is 1. The zero-order chi connectivity index (χ0) is 25.8. The van der Waals surface area contributed by atoms with Gasteiger partial charge in [0, 0.05) is 11.0 Å². The van der Waals surface area contributed by atoms with Crippen LogP contribution in [0.15, 0.2) is 71.2 Å². The minimum Gasteiger partial charge on any atom is -0.497 e. The summed E-state index contributed by atoms with van der Waals surface area (Å²) >= 11 is 0. The minimum absolute atomic E-state index is 0.250. The van der Waals surface area contributed by atoms with E-state index in [9.17, 15) is 18.0 Å². The van der Waals surface area contributed by atoms with Crippen molar-refractivity contribution >= 4 is 22.9 Å². The molecule has 36 heavy (non-hydrogen) atoms. The number of carbonyl (C=O) groups excluding carboxylic acids is 1. The van der Waals surface area contributed by atoms with Crippen molar-refractivity contribution in [2.75, 3.05) is 13.7 Å². The molecule has 184 valence electrons. The highest BCUT2D eigenvalue weighted by Crippen LogP contribution is 2.53. The second-order valence-corrected chi connectivity index (χ2v) is 9.27. The minimum atomic E-state index is -4.49. The lowest BCUT2D eigenvalue weighted by atomic mass is 9.71. The zero-order valence-electron chi connectivity index (χ0n) is 20.3. The Bertz CT molecular complexity index is 1450. The molecule has 0 aromatic heterocycles. The number of hydrogen-bond donors (Lipinski definition) is 0. The predicted octanol–water partition coefficient (Wildman–Crippen LogP) is 7.12. The maximum Gasteiger partial charge on any atom is 0.416 e. The van der Waals surface area contributed by atoms with Gasteiger partial charge in [-0.2, -0.15) is 13.2 Å². The molecule has 0 spiro atoms. The molecular weight excluding hydrogens is 467 g/mol. The maximum atomic E-state index is 13.7. The average Bonchev–Trinajstić information content (AvgIpc) is 3.18. The summed E-state index contributed by atoms with van der Waals surface area (Å²) in [7, 11) is 1.59. The quantitative estimate of drug-likeness (QED) is 0.365. The molecule has 2 aliphatic rings. The van der Waals surface area contributed by atoms with Crippen LogP contribution >= 0.6 is 0 Å². The first-order valence-corrected chi connectivity index (χ1v) is 11.6. The summed E-state index contributed by atoms with van der Waals surface area (Å²) in [6, 6.07) is 16.2. The first kappa shape index (κ1) is 23.9. The summed E-state index contributed by atoms with van der Waals surface area (Å²) < 4.78 is 51.6. The molecule has 0 atom stereocenters. The number of esters is 1. The van der Waals surface area contributed by atoms with Crippen LogP contribution in [0, 0.1) is 0 Å². The molecule has 0 amide bonds. The highest BCUT2D eigenvalue weighted by atomic mass is 19.4. The van der Waals surface area contributed by atoms with E-state index in [1.54, 1.807) is 38.3 Å². The van der Waals surface area contributed by atoms with E-state index >= 15 is 0 Å². The van der Waals surface area contributed by atoms with Crippen LogP contribution in [0.3, 0.4) is 0 Å². The molecule has 0 fully saturated rings. The van der Waals surface area contributed by atoms with Gasteiger partial charge in [0.1, 0.15) is 5.75 Å². The van der Waals surface area contributed by atoms with Crippen LogP contribution in [0.1, 0.15) is 58.9 Å². The number of aliphatic imine (C=N–C) groups is 1. The lowest BCUT2D eigenvalue weighted by Gasteiger charge is -2.34. The van der Waals surface area contributed by atoms with Gasteiger partial charge in [0.05, 0.1) is 36.2 Å². The molecule has 3 aromatic carbocycles. The SMILES string of the molecule is CCOC(=O)c1ccc(C2=C3C(=Nc4ccc(OC)cc4C3(C)C)c3ccc(C(F)(F)F)cc32)cc1. The van der Waals surface area contributed by atoms with Crippen molar-refractivity contribution in [3.8, 4) is 5.75 Å². The Morgan fingerprint density at radius 2 is 1.69 bits per heavy atom. The van der Waals surface area contributed by atoms with Gasteiger partial charge < -0.3 is 9.47 Å². The standard InChI is InChI=1S/C29H24F3NO3/c1-5-36-27(34)17-8-6-16(7-9-17)24-21-14-18(29(30,31)32)10-12-20(21)26-25(24)28(2,3)22-15-19(35-4)11-13-23(22)33-26/h6-15H,5H2,1-4H3. The fourth-order valence-corrected chi connectivity index (χ4v) is 5.03. The summed E-state index contributed by atoms with van der Waals surface area (Å²) in [6.45, 7) is 6.06. The van der Waals surface area contributed by atoms with E-state index in [0.29, 0.717) is 39.3 Å². The third kappa shape index (κ3) is 3.70. The smallest absolute Gasteiger partial charge is 0.416 e. The van der Waals surface area contributed by atoms with Crippen LogP contribution in [0.2, 0.25) is 0 Å². The van der Waals surface area contributed by atoms with Crippen molar-refractivity contribution in [1.29, 1.82) is 0 Å². The molecule has 1 aliphatic carbocycles. The molecule has 0 saturated carbocycles. The van der Waals surface area contributed by atoms with Gasteiger partial charge in [-0.1, -0.05) is 32.0 Å². The highest BCUT2D eigenvalue weighted by Gasteiger charge is 2.43. The molecular formula is C29H24F3NO3. The molecule has 0 N–H and O–H groups in total. The Morgan fingerprint density at radius 3 is 2.33 bits per heavy atom. The number of rotatable bonds is 4. The molecule has 0 saturated heterocycles. The zero-order valence-corrected chi connectivity index (χ0v) is 20.3. The predicted molar refractivity (Wildman–Crippen MR) is 132 cm³/mol. The Labute approximate surface area is 207 Å². The fraction of sp³-hybridized carbons (Fsp3) is 0.241. The molecule has 0 bridgehead atoms. The second-order valence-electron chi connectivity index (χ2n) is 9.27. The van der Waals surface area contributed by atoms with Crippen LogP contribution in [0.4, 0.5) is 18.9 Å². The van der Waals surface area contributed by atoms with E-state index in [2.05, 4.69) is 0 Å². The number of carbonyl (C=O) groups is 1. The third-order valence-corrected chi connectivity index (χ3v) is 6.78. The highest BCUT2D eigenvalue weighted by molar-refractivity contribution is 6.28. The van der Waals surface area contributed by atoms with E-state index in [4.69, 9.17) is 14.5 Å². The topological polar surface area (TPSA) is 47.9 Å². The van der Waals surface area contributed by atoms with Crippen LogP contribution < -0.4 is 4.74 Å². The molecule has 0 radical (unpaired) electrons. The number of fused-ring (bicyclic) bond motifs is 4. The van der Waals surface area contributed by atoms with Crippen LogP contribution in [-0.4, -0.2) is 25.4 Å². The largest absolute Gasteiger partial charge is 0.497 e. The van der Waals surface area contributed by atoms with Crippen LogP contribution in [-0.2, 0) is 16.3 Å². The van der Waals surface area contributed by atoms with Gasteiger partial charge in [-0.15, -0.1) is 0 Å². The Balaban J connectivity index is 1.78. The Morgan fingerprint density at radius 1 is 0.972 bits per heavy atom. The van der Waals surface area contributed by atoms with Gasteiger partial charge in [0.25, 0.3) is 0 Å². The molecule has 3 aromatic rings. The van der Waals surface area contributed by atoms with E-state index < -0.39 is 23.1 Å². The molecule has 1 aliphatic heterocycles. The van der Waals surface area contributed by atoms with Crippen molar-refractivity contribution in [3.05, 3.63) is 99.6 Å². The number of halogens is 3. The summed E-state index contributed by atoms with van der Waals surface area (Å²) in [5, 5.41) is 0. The fourth-order valence-electron chi connectivity index (χ4n) is 5.03. The van der Waals surface area contributed by atoms with Gasteiger partial charge in [0.15, 0.2) is 0 Å². The number of allylic oxidation sites excluding steroid dienone is 1. The normalized spacial score (nSPS) is 15.6. The molecule has 0 unspecified atom stereocenters. The van der Waals surface area contributed by atoms with Gasteiger partial charge in [0.2, 0.25) is 0 Å². The van der Waals surface area contributed by atoms with E-state index in [1.165, 1.54) is 12.1 Å². The second kappa shape index (κ2) is 8.36. The Kier molecular flexibility index (Phi) is 5.54. The summed E-state index contributed by atoms with van der Waals surface area (Å²) in [6.07, 6.45) is -4.49. The van der Waals surface area contributed by atoms with Crippen molar-refractivity contribution in [2.24, 2.45) is 4.99 Å². The number of nitrogens with zero attached hydrogens (tertiary/aromatic N) is 1. The van der Waals surface area contributed by atoms with Gasteiger partial charge in [-0.3, -0.25) is 0 Å². The number of alkyl halides is 3. The first-order valence-electron chi connectivity index (χ1n) is 11.6. The molecule has 7 heteroatoms. The lowest BCUT2D eigenvalue weighted by Crippen LogP contribution is -2.28. The molecule has 4 nitrogen and oxygen atoms in total. The summed E-state index contributed by atoms with van der Waals surface area (Å²) in [4.78, 5) is 17.1. The maximum absolute atomic E-state index is 13.7. The van der Waals surface area contributed by atoms with Crippen molar-refractivity contribution in [1.82, 2.24) is 0 Å². The number of benzene rings is 3. The van der Waals surface area contributed by atoms with E-state index in [1.807, 2.05) is 32.0 Å². The van der Waals surface area contributed by atoms with Crippen molar-refractivity contribution in [3.63, 3.8) is 0 Å².